The van der Waals surface area contributed by atoms with Crippen LogP contribution in [0.2, 0.25) is 0 Å². The number of hydrogen-bond acceptors (Lipinski definition) is 6. The van der Waals surface area contributed by atoms with Gasteiger partial charge >= 0.3 is 0 Å². The van der Waals surface area contributed by atoms with Gasteiger partial charge in [-0.2, -0.15) is 14.6 Å². The molecule has 2 aromatic rings. The molecule has 0 atom stereocenters. The second kappa shape index (κ2) is 7.57. The zero-order valence-electron chi connectivity index (χ0n) is 15.3. The second-order valence-electron chi connectivity index (χ2n) is 7.16. The van der Waals surface area contributed by atoms with Crippen molar-refractivity contribution >= 4 is 17.5 Å². The third-order valence-corrected chi connectivity index (χ3v) is 5.45. The molecule has 0 N–H and O–H groups in total. The number of carbonyl (C=O) groups is 1. The number of amides is 1. The number of ether oxygens (including phenoxy) is 1. The van der Waals surface area contributed by atoms with E-state index < -0.39 is 0 Å². The van der Waals surface area contributed by atoms with Gasteiger partial charge in [-0.15, -0.1) is 0 Å². The summed E-state index contributed by atoms with van der Waals surface area (Å²) in [5.41, 5.74) is 0.837. The Morgan fingerprint density at radius 2 is 1.96 bits per heavy atom. The molecule has 2 fully saturated rings. The summed E-state index contributed by atoms with van der Waals surface area (Å²) in [5, 5.41) is 4.30. The molecule has 8 nitrogen and oxygen atoms in total. The van der Waals surface area contributed by atoms with Crippen LogP contribution in [0.25, 0.3) is 5.78 Å². The number of piperazine rings is 1. The third-order valence-electron chi connectivity index (χ3n) is 5.45. The van der Waals surface area contributed by atoms with E-state index in [1.807, 2.05) is 11.0 Å². The van der Waals surface area contributed by atoms with Crippen molar-refractivity contribution in [2.45, 2.75) is 38.7 Å². The maximum absolute atomic E-state index is 12.8. The zero-order chi connectivity index (χ0) is 17.9. The molecule has 0 unspecified atom stereocenters. The number of anilines is 1. The third kappa shape index (κ3) is 3.38. The highest BCUT2D eigenvalue weighted by Crippen LogP contribution is 2.26. The Morgan fingerprint density at radius 1 is 1.19 bits per heavy atom. The molecule has 1 saturated carbocycles. The fourth-order valence-electron chi connectivity index (χ4n) is 4.05. The van der Waals surface area contributed by atoms with Crippen molar-refractivity contribution in [3.05, 3.63) is 18.1 Å². The lowest BCUT2D eigenvalue weighted by molar-refractivity contribution is -0.136. The van der Waals surface area contributed by atoms with Gasteiger partial charge in [-0.05, 0) is 12.8 Å². The van der Waals surface area contributed by atoms with Crippen LogP contribution in [-0.2, 0) is 16.1 Å². The molecule has 26 heavy (non-hydrogen) atoms. The van der Waals surface area contributed by atoms with Crippen LogP contribution in [0, 0.1) is 5.92 Å². The quantitative estimate of drug-likeness (QED) is 0.824. The molecule has 3 heterocycles. The number of aromatic nitrogens is 4. The Morgan fingerprint density at radius 3 is 2.69 bits per heavy atom. The number of nitrogens with zero attached hydrogens (tertiary/aromatic N) is 6. The molecular weight excluding hydrogens is 332 g/mol. The Bertz CT molecular complexity index is 762. The fraction of sp³-hybridized carbons (Fsp3) is 0.667. The van der Waals surface area contributed by atoms with Gasteiger partial charge in [0, 0.05) is 45.3 Å². The van der Waals surface area contributed by atoms with Crippen molar-refractivity contribution < 1.29 is 9.53 Å². The Hall–Kier alpha value is -2.22. The molecule has 140 valence electrons. The van der Waals surface area contributed by atoms with E-state index in [-0.39, 0.29) is 5.92 Å². The van der Waals surface area contributed by atoms with Crippen molar-refractivity contribution in [3.8, 4) is 0 Å². The highest BCUT2D eigenvalue weighted by molar-refractivity contribution is 5.79. The van der Waals surface area contributed by atoms with Crippen LogP contribution in [-0.4, -0.2) is 63.7 Å². The number of hydrogen-bond donors (Lipinski definition) is 0. The molecule has 8 heteroatoms. The molecule has 2 aromatic heterocycles. The van der Waals surface area contributed by atoms with E-state index in [1.165, 1.54) is 25.6 Å². The minimum Gasteiger partial charge on any atom is -0.378 e. The first-order valence-corrected chi connectivity index (χ1v) is 9.48. The normalized spacial score (nSPS) is 19.3. The molecule has 0 radical (unpaired) electrons. The van der Waals surface area contributed by atoms with Crippen molar-refractivity contribution in [1.29, 1.82) is 0 Å². The molecule has 0 bridgehead atoms. The predicted octanol–water partition coefficient (Wildman–Crippen LogP) is 1.50. The van der Waals surface area contributed by atoms with Gasteiger partial charge in [-0.1, -0.05) is 19.3 Å². The SMILES string of the molecule is COCc1cc(N2CCN(C(=O)C3CCCCC3)CC2)n2ncnc2n1. The Labute approximate surface area is 153 Å². The summed E-state index contributed by atoms with van der Waals surface area (Å²) in [4.78, 5) is 25.7. The lowest BCUT2D eigenvalue weighted by atomic mass is 9.88. The molecule has 0 spiro atoms. The first kappa shape index (κ1) is 17.2. The summed E-state index contributed by atoms with van der Waals surface area (Å²) < 4.78 is 6.98. The first-order valence-electron chi connectivity index (χ1n) is 9.48. The molecular formula is C18H26N6O2. The molecule has 2 aliphatic rings. The monoisotopic (exact) mass is 358 g/mol. The summed E-state index contributed by atoms with van der Waals surface area (Å²) in [6.45, 7) is 3.55. The standard InChI is InChI=1S/C18H26N6O2/c1-26-12-15-11-16(24-18(21-15)19-13-20-24)22-7-9-23(10-8-22)17(25)14-5-3-2-4-6-14/h11,13-14H,2-10,12H2,1H3. The predicted molar refractivity (Wildman–Crippen MR) is 96.9 cm³/mol. The van der Waals surface area contributed by atoms with Gasteiger partial charge < -0.3 is 14.5 Å². The summed E-state index contributed by atoms with van der Waals surface area (Å²) in [6.07, 6.45) is 7.30. The fourth-order valence-corrected chi connectivity index (χ4v) is 4.05. The van der Waals surface area contributed by atoms with Gasteiger partial charge in [-0.3, -0.25) is 4.79 Å². The van der Waals surface area contributed by atoms with Gasteiger partial charge in [0.15, 0.2) is 0 Å². The van der Waals surface area contributed by atoms with Crippen LogP contribution < -0.4 is 4.90 Å². The van der Waals surface area contributed by atoms with Gasteiger partial charge in [0.05, 0.1) is 12.3 Å². The van der Waals surface area contributed by atoms with E-state index in [2.05, 4.69) is 20.0 Å². The Kier molecular flexibility index (Phi) is 5.01. The highest BCUT2D eigenvalue weighted by Gasteiger charge is 2.29. The smallest absolute Gasteiger partial charge is 0.254 e. The van der Waals surface area contributed by atoms with Crippen LogP contribution in [0.15, 0.2) is 12.4 Å². The summed E-state index contributed by atoms with van der Waals surface area (Å²) in [7, 11) is 1.66. The lowest BCUT2D eigenvalue weighted by Gasteiger charge is -2.38. The van der Waals surface area contributed by atoms with Crippen LogP contribution in [0.1, 0.15) is 37.8 Å². The molecule has 0 aromatic carbocycles. The number of carbonyl (C=O) groups excluding carboxylic acids is 1. The lowest BCUT2D eigenvalue weighted by Crippen LogP contribution is -2.51. The van der Waals surface area contributed by atoms with Crippen LogP contribution in [0.4, 0.5) is 5.82 Å². The Balaban J connectivity index is 1.47. The molecule has 1 amide bonds. The summed E-state index contributed by atoms with van der Waals surface area (Å²) >= 11 is 0. The van der Waals surface area contributed by atoms with E-state index in [0.717, 1.165) is 50.5 Å². The van der Waals surface area contributed by atoms with Gasteiger partial charge in [0.1, 0.15) is 12.1 Å². The van der Waals surface area contributed by atoms with Crippen molar-refractivity contribution in [2.24, 2.45) is 5.92 Å². The zero-order valence-corrected chi connectivity index (χ0v) is 15.3. The first-order chi connectivity index (χ1) is 12.8. The van der Waals surface area contributed by atoms with Gasteiger partial charge in [0.2, 0.25) is 5.91 Å². The van der Waals surface area contributed by atoms with Gasteiger partial charge in [-0.25, -0.2) is 4.98 Å². The van der Waals surface area contributed by atoms with Crippen LogP contribution >= 0.6 is 0 Å². The number of rotatable bonds is 4. The van der Waals surface area contributed by atoms with E-state index in [4.69, 9.17) is 4.74 Å². The molecule has 4 rings (SSSR count). The second-order valence-corrected chi connectivity index (χ2v) is 7.16. The number of methoxy groups -OCH3 is 1. The van der Waals surface area contributed by atoms with Crippen molar-refractivity contribution in [1.82, 2.24) is 24.5 Å². The molecule has 1 saturated heterocycles. The average Bonchev–Trinajstić information content (AvgIpc) is 3.16. The number of fused-ring (bicyclic) bond motifs is 1. The van der Waals surface area contributed by atoms with E-state index >= 15 is 0 Å². The largest absolute Gasteiger partial charge is 0.378 e. The van der Waals surface area contributed by atoms with Crippen LogP contribution in [0.5, 0.6) is 0 Å². The molecule has 1 aliphatic heterocycles. The maximum atomic E-state index is 12.8. The minimum atomic E-state index is 0.242. The molecule has 1 aliphatic carbocycles. The summed E-state index contributed by atoms with van der Waals surface area (Å²) in [5.74, 6) is 2.14. The van der Waals surface area contributed by atoms with Gasteiger partial charge in [0.25, 0.3) is 5.78 Å². The van der Waals surface area contributed by atoms with Crippen LogP contribution in [0.3, 0.4) is 0 Å². The van der Waals surface area contributed by atoms with E-state index in [1.54, 1.807) is 11.6 Å². The average molecular weight is 358 g/mol. The minimum absolute atomic E-state index is 0.242. The van der Waals surface area contributed by atoms with E-state index in [0.29, 0.717) is 18.3 Å². The van der Waals surface area contributed by atoms with Crippen molar-refractivity contribution in [3.63, 3.8) is 0 Å². The highest BCUT2D eigenvalue weighted by atomic mass is 16.5. The maximum Gasteiger partial charge on any atom is 0.254 e. The topological polar surface area (TPSA) is 75.9 Å². The van der Waals surface area contributed by atoms with Crippen molar-refractivity contribution in [2.75, 3.05) is 38.2 Å². The van der Waals surface area contributed by atoms with E-state index in [9.17, 15) is 4.79 Å². The summed E-state index contributed by atoms with van der Waals surface area (Å²) in [6, 6.07) is 2.00.